The predicted octanol–water partition coefficient (Wildman–Crippen LogP) is 4.29. The highest BCUT2D eigenvalue weighted by Crippen LogP contribution is 2.26. The number of pyridine rings is 1. The zero-order chi connectivity index (χ0) is 12.1. The molecule has 1 heterocycles. The maximum absolute atomic E-state index is 4.38. The van der Waals surface area contributed by atoms with Gasteiger partial charge in [-0.1, -0.05) is 49.9 Å². The van der Waals surface area contributed by atoms with Gasteiger partial charge in [0.2, 0.25) is 0 Å². The second-order valence-electron chi connectivity index (χ2n) is 4.33. The summed E-state index contributed by atoms with van der Waals surface area (Å²) in [5, 5.41) is 0. The van der Waals surface area contributed by atoms with Crippen molar-refractivity contribution in [3.05, 3.63) is 72.6 Å². The summed E-state index contributed by atoms with van der Waals surface area (Å²) < 4.78 is 0. The van der Waals surface area contributed by atoms with Crippen LogP contribution in [0, 0.1) is 0 Å². The molecule has 1 aromatic carbocycles. The SMILES string of the molecule is C=C(CC(C)c1ccccn1)c1ccccc1. The van der Waals surface area contributed by atoms with E-state index in [1.54, 1.807) is 0 Å². The number of benzene rings is 1. The Morgan fingerprint density at radius 3 is 2.47 bits per heavy atom. The summed E-state index contributed by atoms with van der Waals surface area (Å²) in [5.74, 6) is 0.406. The Hall–Kier alpha value is -1.89. The highest BCUT2D eigenvalue weighted by Gasteiger charge is 2.09. The Morgan fingerprint density at radius 1 is 1.12 bits per heavy atom. The smallest absolute Gasteiger partial charge is 0.0435 e. The summed E-state index contributed by atoms with van der Waals surface area (Å²) in [4.78, 5) is 4.38. The zero-order valence-electron chi connectivity index (χ0n) is 10.1. The first kappa shape index (κ1) is 11.6. The third kappa shape index (κ3) is 3.04. The second-order valence-corrected chi connectivity index (χ2v) is 4.33. The Bertz CT molecular complexity index is 473. The summed E-state index contributed by atoms with van der Waals surface area (Å²) >= 11 is 0. The summed E-state index contributed by atoms with van der Waals surface area (Å²) in [6.07, 6.45) is 2.79. The van der Waals surface area contributed by atoms with Gasteiger partial charge in [-0.05, 0) is 29.7 Å². The van der Waals surface area contributed by atoms with Gasteiger partial charge < -0.3 is 0 Å². The number of rotatable bonds is 4. The van der Waals surface area contributed by atoms with Crippen LogP contribution in [-0.2, 0) is 0 Å². The Kier molecular flexibility index (Phi) is 3.71. The van der Waals surface area contributed by atoms with Gasteiger partial charge in [0.05, 0.1) is 0 Å². The van der Waals surface area contributed by atoms with Gasteiger partial charge in [0.25, 0.3) is 0 Å². The van der Waals surface area contributed by atoms with Crippen molar-refractivity contribution in [2.24, 2.45) is 0 Å². The lowest BCUT2D eigenvalue weighted by Crippen LogP contribution is -1.97. The Morgan fingerprint density at radius 2 is 1.82 bits per heavy atom. The lowest BCUT2D eigenvalue weighted by atomic mass is 9.94. The van der Waals surface area contributed by atoms with Gasteiger partial charge in [-0.2, -0.15) is 0 Å². The van der Waals surface area contributed by atoms with Crippen molar-refractivity contribution in [2.45, 2.75) is 19.3 Å². The number of nitrogens with zero attached hydrogens (tertiary/aromatic N) is 1. The molecule has 0 saturated heterocycles. The van der Waals surface area contributed by atoms with E-state index in [0.717, 1.165) is 12.1 Å². The van der Waals surface area contributed by atoms with Gasteiger partial charge in [0.1, 0.15) is 0 Å². The van der Waals surface area contributed by atoms with Crippen molar-refractivity contribution in [3.8, 4) is 0 Å². The molecular formula is C16H17N. The van der Waals surface area contributed by atoms with Crippen LogP contribution in [0.1, 0.15) is 30.5 Å². The standard InChI is InChI=1S/C16H17N/c1-13(15-8-4-3-5-9-15)12-14(2)16-10-6-7-11-17-16/h3-11,14H,1,12H2,2H3. The fourth-order valence-electron chi connectivity index (χ4n) is 1.93. The molecule has 2 rings (SSSR count). The van der Waals surface area contributed by atoms with Crippen molar-refractivity contribution < 1.29 is 0 Å². The van der Waals surface area contributed by atoms with Crippen LogP contribution in [-0.4, -0.2) is 4.98 Å². The van der Waals surface area contributed by atoms with E-state index in [9.17, 15) is 0 Å². The quantitative estimate of drug-likeness (QED) is 0.753. The van der Waals surface area contributed by atoms with Crippen molar-refractivity contribution in [1.82, 2.24) is 4.98 Å². The lowest BCUT2D eigenvalue weighted by molar-refractivity contribution is 0.760. The van der Waals surface area contributed by atoms with E-state index in [2.05, 4.69) is 36.7 Å². The van der Waals surface area contributed by atoms with Crippen LogP contribution in [0.15, 0.2) is 61.3 Å². The van der Waals surface area contributed by atoms with Gasteiger partial charge in [-0.3, -0.25) is 4.98 Å². The number of hydrogen-bond donors (Lipinski definition) is 0. The summed E-state index contributed by atoms with van der Waals surface area (Å²) in [6, 6.07) is 16.4. The number of hydrogen-bond acceptors (Lipinski definition) is 1. The minimum Gasteiger partial charge on any atom is -0.261 e. The van der Waals surface area contributed by atoms with Gasteiger partial charge in [0.15, 0.2) is 0 Å². The zero-order valence-corrected chi connectivity index (χ0v) is 10.1. The highest BCUT2D eigenvalue weighted by atomic mass is 14.7. The monoisotopic (exact) mass is 223 g/mol. The number of allylic oxidation sites excluding steroid dienone is 1. The largest absolute Gasteiger partial charge is 0.261 e. The van der Waals surface area contributed by atoms with Crippen molar-refractivity contribution >= 4 is 5.57 Å². The van der Waals surface area contributed by atoms with Gasteiger partial charge in [-0.25, -0.2) is 0 Å². The molecule has 0 amide bonds. The number of aromatic nitrogens is 1. The van der Waals surface area contributed by atoms with E-state index in [0.29, 0.717) is 5.92 Å². The molecule has 0 aliphatic rings. The molecule has 0 fully saturated rings. The van der Waals surface area contributed by atoms with E-state index < -0.39 is 0 Å². The molecule has 0 radical (unpaired) electrons. The molecule has 0 N–H and O–H groups in total. The third-order valence-corrected chi connectivity index (χ3v) is 2.93. The summed E-state index contributed by atoms with van der Waals surface area (Å²) in [7, 11) is 0. The van der Waals surface area contributed by atoms with Crippen LogP contribution in [0.3, 0.4) is 0 Å². The van der Waals surface area contributed by atoms with Crippen LogP contribution < -0.4 is 0 Å². The molecule has 86 valence electrons. The van der Waals surface area contributed by atoms with Crippen LogP contribution in [0.4, 0.5) is 0 Å². The molecule has 0 spiro atoms. The molecule has 0 saturated carbocycles. The Labute approximate surface area is 103 Å². The van der Waals surface area contributed by atoms with E-state index >= 15 is 0 Å². The minimum absolute atomic E-state index is 0.406. The molecule has 1 aromatic heterocycles. The summed E-state index contributed by atoms with van der Waals surface area (Å²) in [6.45, 7) is 6.35. The Balaban J connectivity index is 2.05. The molecule has 0 bridgehead atoms. The lowest BCUT2D eigenvalue weighted by Gasteiger charge is -2.12. The van der Waals surface area contributed by atoms with E-state index in [1.165, 1.54) is 11.1 Å². The fourth-order valence-corrected chi connectivity index (χ4v) is 1.93. The minimum atomic E-state index is 0.406. The van der Waals surface area contributed by atoms with E-state index in [1.807, 2.05) is 36.5 Å². The third-order valence-electron chi connectivity index (χ3n) is 2.93. The van der Waals surface area contributed by atoms with E-state index in [-0.39, 0.29) is 0 Å². The molecule has 1 atom stereocenters. The normalized spacial score (nSPS) is 12.1. The van der Waals surface area contributed by atoms with Crippen molar-refractivity contribution in [2.75, 3.05) is 0 Å². The molecular weight excluding hydrogens is 206 g/mol. The van der Waals surface area contributed by atoms with Gasteiger partial charge in [-0.15, -0.1) is 0 Å². The molecule has 2 aromatic rings. The molecule has 1 heteroatoms. The van der Waals surface area contributed by atoms with Gasteiger partial charge >= 0.3 is 0 Å². The second kappa shape index (κ2) is 5.44. The van der Waals surface area contributed by atoms with Crippen LogP contribution >= 0.6 is 0 Å². The average Bonchev–Trinajstić information content (AvgIpc) is 2.40. The predicted molar refractivity (Wildman–Crippen MR) is 72.7 cm³/mol. The van der Waals surface area contributed by atoms with Crippen molar-refractivity contribution in [3.63, 3.8) is 0 Å². The molecule has 0 aliphatic heterocycles. The molecule has 0 aliphatic carbocycles. The maximum Gasteiger partial charge on any atom is 0.0435 e. The topological polar surface area (TPSA) is 12.9 Å². The van der Waals surface area contributed by atoms with Crippen LogP contribution in [0.5, 0.6) is 0 Å². The maximum atomic E-state index is 4.38. The molecule has 17 heavy (non-hydrogen) atoms. The van der Waals surface area contributed by atoms with E-state index in [4.69, 9.17) is 0 Å². The van der Waals surface area contributed by atoms with Crippen LogP contribution in [0.25, 0.3) is 5.57 Å². The molecule has 1 unspecified atom stereocenters. The van der Waals surface area contributed by atoms with Crippen molar-refractivity contribution in [1.29, 1.82) is 0 Å². The fraction of sp³-hybridized carbons (Fsp3) is 0.188. The highest BCUT2D eigenvalue weighted by molar-refractivity contribution is 5.63. The first-order chi connectivity index (χ1) is 8.27. The average molecular weight is 223 g/mol. The van der Waals surface area contributed by atoms with Gasteiger partial charge in [0, 0.05) is 17.8 Å². The first-order valence-corrected chi connectivity index (χ1v) is 5.91. The van der Waals surface area contributed by atoms with Crippen LogP contribution in [0.2, 0.25) is 0 Å². The molecule has 1 nitrogen and oxygen atoms in total. The first-order valence-electron chi connectivity index (χ1n) is 5.91. The summed E-state index contributed by atoms with van der Waals surface area (Å²) in [5.41, 5.74) is 3.52.